The lowest BCUT2D eigenvalue weighted by atomic mass is 10.2. The van der Waals surface area contributed by atoms with E-state index in [9.17, 15) is 0 Å². The molecule has 2 saturated heterocycles. The van der Waals surface area contributed by atoms with Gasteiger partial charge in [0, 0.05) is 63.1 Å². The highest BCUT2D eigenvalue weighted by Crippen LogP contribution is 2.23. The second-order valence-corrected chi connectivity index (χ2v) is 7.36. The van der Waals surface area contributed by atoms with Crippen molar-refractivity contribution >= 4 is 12.4 Å². The largest absolute Gasteiger partial charge is 0.314 e. The molecule has 4 rings (SSSR count). The van der Waals surface area contributed by atoms with Gasteiger partial charge < -0.3 is 5.32 Å². The number of hydrogen-bond acceptors (Lipinski definition) is 4. The highest BCUT2D eigenvalue weighted by Gasteiger charge is 2.29. The predicted octanol–water partition coefficient (Wildman–Crippen LogP) is 2.39. The van der Waals surface area contributed by atoms with E-state index in [0.29, 0.717) is 0 Å². The molecule has 0 saturated carbocycles. The summed E-state index contributed by atoms with van der Waals surface area (Å²) in [7, 11) is 0. The number of aromatic nitrogens is 2. The molecular formula is C20H30ClN5. The Kier molecular flexibility index (Phi) is 6.35. The lowest BCUT2D eigenvalue weighted by Gasteiger charge is -2.32. The maximum Gasteiger partial charge on any atom is 0.0648 e. The van der Waals surface area contributed by atoms with Crippen LogP contribution in [0.4, 0.5) is 0 Å². The summed E-state index contributed by atoms with van der Waals surface area (Å²) in [5.74, 6) is 0. The quantitative estimate of drug-likeness (QED) is 0.890. The van der Waals surface area contributed by atoms with Crippen molar-refractivity contribution in [2.75, 3.05) is 39.3 Å². The van der Waals surface area contributed by atoms with Crippen molar-refractivity contribution in [1.29, 1.82) is 0 Å². The molecule has 2 aliphatic heterocycles. The molecule has 142 valence electrons. The highest BCUT2D eigenvalue weighted by molar-refractivity contribution is 5.85. The third-order valence-corrected chi connectivity index (χ3v) is 5.74. The Labute approximate surface area is 162 Å². The van der Waals surface area contributed by atoms with E-state index in [4.69, 9.17) is 5.10 Å². The van der Waals surface area contributed by atoms with Gasteiger partial charge in [-0.1, -0.05) is 18.2 Å². The third kappa shape index (κ3) is 3.96. The zero-order valence-electron chi connectivity index (χ0n) is 15.8. The number of halogens is 1. The Morgan fingerprint density at radius 2 is 1.81 bits per heavy atom. The van der Waals surface area contributed by atoms with Gasteiger partial charge in [-0.3, -0.25) is 9.80 Å². The first-order valence-corrected chi connectivity index (χ1v) is 9.50. The second kappa shape index (κ2) is 8.53. The molecule has 6 heteroatoms. The maximum absolute atomic E-state index is 4.80. The van der Waals surface area contributed by atoms with Gasteiger partial charge >= 0.3 is 0 Å². The molecule has 0 radical (unpaired) electrons. The lowest BCUT2D eigenvalue weighted by molar-refractivity contribution is 0.170. The molecule has 1 aromatic heterocycles. The van der Waals surface area contributed by atoms with Crippen molar-refractivity contribution in [3.05, 3.63) is 47.3 Å². The molecule has 1 unspecified atom stereocenters. The minimum atomic E-state index is 0. The number of hydrogen-bond donors (Lipinski definition) is 1. The molecule has 1 aromatic carbocycles. The van der Waals surface area contributed by atoms with Crippen LogP contribution in [-0.2, 0) is 6.54 Å². The molecule has 0 spiro atoms. The van der Waals surface area contributed by atoms with Crippen molar-refractivity contribution < 1.29 is 0 Å². The van der Waals surface area contributed by atoms with Crippen LogP contribution in [0.2, 0.25) is 0 Å². The summed E-state index contributed by atoms with van der Waals surface area (Å²) in [5, 5.41) is 8.26. The minimum Gasteiger partial charge on any atom is -0.314 e. The van der Waals surface area contributed by atoms with E-state index in [0.717, 1.165) is 37.1 Å². The first-order valence-electron chi connectivity index (χ1n) is 9.50. The van der Waals surface area contributed by atoms with Crippen LogP contribution >= 0.6 is 12.4 Å². The average Bonchev–Trinajstić information content (AvgIpc) is 3.23. The highest BCUT2D eigenvalue weighted by atomic mass is 35.5. The van der Waals surface area contributed by atoms with Crippen LogP contribution in [-0.4, -0.2) is 64.9 Å². The monoisotopic (exact) mass is 375 g/mol. The third-order valence-electron chi connectivity index (χ3n) is 5.74. The van der Waals surface area contributed by atoms with Crippen LogP contribution in [0.15, 0.2) is 30.3 Å². The summed E-state index contributed by atoms with van der Waals surface area (Å²) in [6, 6.07) is 11.2. The van der Waals surface area contributed by atoms with Crippen LogP contribution in [0.1, 0.15) is 23.4 Å². The van der Waals surface area contributed by atoms with Crippen LogP contribution in [0.3, 0.4) is 0 Å². The normalized spacial score (nSPS) is 21.7. The number of likely N-dealkylation sites (tertiary alicyclic amines) is 1. The van der Waals surface area contributed by atoms with E-state index < -0.39 is 0 Å². The fourth-order valence-electron chi connectivity index (χ4n) is 4.25. The Hall–Kier alpha value is -1.40. The molecule has 5 nitrogen and oxygen atoms in total. The van der Waals surface area contributed by atoms with E-state index in [-0.39, 0.29) is 12.4 Å². The Morgan fingerprint density at radius 1 is 1.08 bits per heavy atom. The fraction of sp³-hybridized carbons (Fsp3) is 0.550. The van der Waals surface area contributed by atoms with E-state index in [1.165, 1.54) is 43.9 Å². The molecule has 2 aromatic rings. The summed E-state index contributed by atoms with van der Waals surface area (Å²) in [6.07, 6.45) is 1.30. The number of benzene rings is 1. The predicted molar refractivity (Wildman–Crippen MR) is 108 cm³/mol. The van der Waals surface area contributed by atoms with Crippen molar-refractivity contribution in [2.24, 2.45) is 0 Å². The zero-order chi connectivity index (χ0) is 17.2. The van der Waals surface area contributed by atoms with Gasteiger partial charge in [0.2, 0.25) is 0 Å². The van der Waals surface area contributed by atoms with Gasteiger partial charge in [-0.2, -0.15) is 5.10 Å². The molecule has 1 N–H and O–H groups in total. The average molecular weight is 376 g/mol. The molecule has 2 fully saturated rings. The van der Waals surface area contributed by atoms with Gasteiger partial charge in [-0.25, -0.2) is 4.68 Å². The topological polar surface area (TPSA) is 36.3 Å². The number of piperazine rings is 1. The van der Waals surface area contributed by atoms with Gasteiger partial charge in [0.15, 0.2) is 0 Å². The van der Waals surface area contributed by atoms with E-state index in [1.807, 2.05) is 0 Å². The number of nitrogens with one attached hydrogen (secondary N) is 1. The number of para-hydroxylation sites is 1. The van der Waals surface area contributed by atoms with Crippen molar-refractivity contribution in [3.8, 4) is 5.69 Å². The lowest BCUT2D eigenvalue weighted by Crippen LogP contribution is -2.49. The van der Waals surface area contributed by atoms with E-state index in [1.54, 1.807) is 0 Å². The van der Waals surface area contributed by atoms with Gasteiger partial charge in [0.05, 0.1) is 11.4 Å². The Bertz CT molecular complexity index is 708. The van der Waals surface area contributed by atoms with Crippen molar-refractivity contribution in [2.45, 2.75) is 32.9 Å². The Balaban J connectivity index is 0.00000196. The summed E-state index contributed by atoms with van der Waals surface area (Å²) < 4.78 is 2.09. The smallest absolute Gasteiger partial charge is 0.0648 e. The van der Waals surface area contributed by atoms with Crippen LogP contribution in [0, 0.1) is 13.8 Å². The van der Waals surface area contributed by atoms with Crippen LogP contribution in [0.5, 0.6) is 0 Å². The maximum atomic E-state index is 4.80. The SMILES string of the molecule is Cc1nn(-c2ccccc2)c(C)c1CN1CCC(N2CCNCC2)C1.Cl. The number of nitrogens with zero attached hydrogens (tertiary/aromatic N) is 4. The van der Waals surface area contributed by atoms with Gasteiger partial charge in [-0.05, 0) is 32.4 Å². The number of rotatable bonds is 4. The summed E-state index contributed by atoms with van der Waals surface area (Å²) in [6.45, 7) is 12.4. The van der Waals surface area contributed by atoms with E-state index >= 15 is 0 Å². The summed E-state index contributed by atoms with van der Waals surface area (Å²) in [4.78, 5) is 5.28. The molecule has 3 heterocycles. The molecule has 2 aliphatic rings. The molecule has 26 heavy (non-hydrogen) atoms. The first kappa shape index (κ1) is 19.4. The first-order chi connectivity index (χ1) is 12.2. The van der Waals surface area contributed by atoms with E-state index in [2.05, 4.69) is 64.0 Å². The molecule has 0 aliphatic carbocycles. The summed E-state index contributed by atoms with van der Waals surface area (Å²) in [5.41, 5.74) is 4.97. The van der Waals surface area contributed by atoms with Crippen LogP contribution < -0.4 is 5.32 Å². The number of aryl methyl sites for hydroxylation is 1. The fourth-order valence-corrected chi connectivity index (χ4v) is 4.25. The molecular weight excluding hydrogens is 346 g/mol. The molecule has 0 amide bonds. The second-order valence-electron chi connectivity index (χ2n) is 7.36. The molecule has 0 bridgehead atoms. The summed E-state index contributed by atoms with van der Waals surface area (Å²) >= 11 is 0. The minimum absolute atomic E-state index is 0. The van der Waals surface area contributed by atoms with Crippen LogP contribution in [0.25, 0.3) is 5.69 Å². The standard InChI is InChI=1S/C20H29N5.ClH/c1-16-20(17(2)25(22-16)18-6-4-3-5-7-18)15-23-11-8-19(14-23)24-12-9-21-10-13-24;/h3-7,19,21H,8-15H2,1-2H3;1H. The Morgan fingerprint density at radius 3 is 2.54 bits per heavy atom. The van der Waals surface area contributed by atoms with Gasteiger partial charge in [0.1, 0.15) is 0 Å². The van der Waals surface area contributed by atoms with Gasteiger partial charge in [-0.15, -0.1) is 12.4 Å². The van der Waals surface area contributed by atoms with Crippen molar-refractivity contribution in [3.63, 3.8) is 0 Å². The zero-order valence-corrected chi connectivity index (χ0v) is 16.6. The molecule has 1 atom stereocenters. The van der Waals surface area contributed by atoms with Gasteiger partial charge in [0.25, 0.3) is 0 Å². The van der Waals surface area contributed by atoms with Crippen molar-refractivity contribution in [1.82, 2.24) is 24.9 Å².